The number of benzene rings is 2. The van der Waals surface area contributed by atoms with Gasteiger partial charge in [-0.1, -0.05) is 17.7 Å². The Kier molecular flexibility index (Phi) is 7.49. The van der Waals surface area contributed by atoms with Crippen molar-refractivity contribution in [3.63, 3.8) is 0 Å². The van der Waals surface area contributed by atoms with Gasteiger partial charge in [-0.05, 0) is 70.4 Å². The van der Waals surface area contributed by atoms with Crippen molar-refractivity contribution < 1.29 is 27.3 Å². The van der Waals surface area contributed by atoms with Crippen LogP contribution in [0.15, 0.2) is 42.5 Å². The van der Waals surface area contributed by atoms with Crippen LogP contribution in [0.3, 0.4) is 0 Å². The highest BCUT2D eigenvalue weighted by Crippen LogP contribution is 2.30. The second kappa shape index (κ2) is 9.46. The average Bonchev–Trinajstić information content (AvgIpc) is 2.60. The SMILES string of the molecule is Cc1ccc(C(=O)Nc2cccc(C(F)(F)F)c2)cc1B(OC(C)C)OC(C)C. The van der Waals surface area contributed by atoms with Crippen LogP contribution >= 0.6 is 0 Å². The molecule has 4 nitrogen and oxygen atoms in total. The van der Waals surface area contributed by atoms with Gasteiger partial charge in [0.25, 0.3) is 5.91 Å². The molecule has 0 unspecified atom stereocenters. The van der Waals surface area contributed by atoms with Gasteiger partial charge in [0.2, 0.25) is 0 Å². The molecule has 1 N–H and O–H groups in total. The normalized spacial score (nSPS) is 11.8. The largest absolute Gasteiger partial charge is 0.494 e. The van der Waals surface area contributed by atoms with Crippen molar-refractivity contribution in [3.8, 4) is 0 Å². The van der Waals surface area contributed by atoms with Gasteiger partial charge in [0.05, 0.1) is 5.56 Å². The molecule has 0 aromatic heterocycles. The zero-order valence-corrected chi connectivity index (χ0v) is 17.1. The fourth-order valence-corrected chi connectivity index (χ4v) is 2.69. The molecule has 2 aromatic carbocycles. The number of carbonyl (C=O) groups excluding carboxylic acids is 1. The molecule has 0 radical (unpaired) electrons. The molecule has 0 saturated carbocycles. The molecule has 2 rings (SSSR count). The second-order valence-corrected chi connectivity index (χ2v) is 7.31. The van der Waals surface area contributed by atoms with Gasteiger partial charge >= 0.3 is 13.3 Å². The number of hydrogen-bond donors (Lipinski definition) is 1. The molecule has 0 heterocycles. The van der Waals surface area contributed by atoms with Crippen molar-refractivity contribution in [3.05, 3.63) is 59.2 Å². The van der Waals surface area contributed by atoms with Crippen molar-refractivity contribution in [1.29, 1.82) is 0 Å². The topological polar surface area (TPSA) is 47.6 Å². The van der Waals surface area contributed by atoms with Crippen LogP contribution in [0.4, 0.5) is 18.9 Å². The molecule has 0 bridgehead atoms. The monoisotopic (exact) mass is 407 g/mol. The molecule has 0 aliphatic rings. The Labute approximate surface area is 169 Å². The summed E-state index contributed by atoms with van der Waals surface area (Å²) in [6.45, 7) is 9.42. The first-order chi connectivity index (χ1) is 13.5. The maximum absolute atomic E-state index is 12.9. The minimum absolute atomic E-state index is 0.0698. The van der Waals surface area contributed by atoms with E-state index in [1.165, 1.54) is 12.1 Å². The average molecular weight is 407 g/mol. The Bertz CT molecular complexity index is 843. The van der Waals surface area contributed by atoms with Crippen molar-refractivity contribution in [1.82, 2.24) is 0 Å². The summed E-state index contributed by atoms with van der Waals surface area (Å²) < 4.78 is 50.4. The van der Waals surface area contributed by atoms with Gasteiger partial charge in [-0.15, -0.1) is 0 Å². The van der Waals surface area contributed by atoms with Gasteiger partial charge in [-0.25, -0.2) is 0 Å². The minimum Gasteiger partial charge on any atom is -0.405 e. The van der Waals surface area contributed by atoms with Gasteiger partial charge in [-0.3, -0.25) is 4.79 Å². The maximum atomic E-state index is 12.9. The van der Waals surface area contributed by atoms with E-state index in [0.29, 0.717) is 11.0 Å². The maximum Gasteiger partial charge on any atom is 0.494 e. The third kappa shape index (κ3) is 6.61. The molecule has 0 saturated heterocycles. The molecule has 29 heavy (non-hydrogen) atoms. The summed E-state index contributed by atoms with van der Waals surface area (Å²) in [4.78, 5) is 12.6. The Balaban J connectivity index is 2.29. The lowest BCUT2D eigenvalue weighted by Gasteiger charge is -2.21. The summed E-state index contributed by atoms with van der Waals surface area (Å²) in [7, 11) is -0.656. The number of hydrogen-bond acceptors (Lipinski definition) is 3. The lowest BCUT2D eigenvalue weighted by Crippen LogP contribution is -2.42. The fourth-order valence-electron chi connectivity index (χ4n) is 2.69. The lowest BCUT2D eigenvalue weighted by molar-refractivity contribution is -0.137. The van der Waals surface area contributed by atoms with Crippen LogP contribution in [0, 0.1) is 6.92 Å². The highest BCUT2D eigenvalue weighted by Gasteiger charge is 2.31. The van der Waals surface area contributed by atoms with E-state index in [0.717, 1.165) is 17.7 Å². The number of nitrogens with one attached hydrogen (secondary N) is 1. The number of halogens is 3. The molecule has 0 aliphatic carbocycles. The third-order valence-electron chi connectivity index (χ3n) is 4.03. The molecule has 0 aliphatic heterocycles. The standard InChI is InChI=1S/C21H25BF3NO3/c1-13(2)28-22(29-14(3)4)19-11-16(10-9-15(19)5)20(27)26-18-8-6-7-17(12-18)21(23,24)25/h6-14H,1-5H3,(H,26,27). The summed E-state index contributed by atoms with van der Waals surface area (Å²) in [5.74, 6) is -0.515. The third-order valence-corrected chi connectivity index (χ3v) is 4.03. The molecule has 0 atom stereocenters. The van der Waals surface area contributed by atoms with E-state index in [4.69, 9.17) is 9.31 Å². The van der Waals surface area contributed by atoms with Crippen LogP contribution in [0.5, 0.6) is 0 Å². The zero-order chi connectivity index (χ0) is 21.8. The Morgan fingerprint density at radius 1 is 1.00 bits per heavy atom. The van der Waals surface area contributed by atoms with E-state index in [-0.39, 0.29) is 17.9 Å². The van der Waals surface area contributed by atoms with Gasteiger partial charge in [0.1, 0.15) is 0 Å². The minimum atomic E-state index is -4.48. The van der Waals surface area contributed by atoms with Crippen molar-refractivity contribution in [2.24, 2.45) is 0 Å². The van der Waals surface area contributed by atoms with Crippen LogP contribution in [0.1, 0.15) is 49.2 Å². The molecule has 2 aromatic rings. The van der Waals surface area contributed by atoms with Crippen LogP contribution in [0.2, 0.25) is 0 Å². The molecule has 0 spiro atoms. The lowest BCUT2D eigenvalue weighted by atomic mass is 9.74. The van der Waals surface area contributed by atoms with E-state index >= 15 is 0 Å². The Hall–Kier alpha value is -2.32. The smallest absolute Gasteiger partial charge is 0.405 e. The van der Waals surface area contributed by atoms with E-state index in [1.54, 1.807) is 18.2 Å². The number of rotatable bonds is 7. The number of carbonyl (C=O) groups is 1. The predicted molar refractivity (Wildman–Crippen MR) is 108 cm³/mol. The summed E-state index contributed by atoms with van der Waals surface area (Å²) in [5, 5.41) is 2.52. The molecular weight excluding hydrogens is 382 g/mol. The second-order valence-electron chi connectivity index (χ2n) is 7.31. The van der Waals surface area contributed by atoms with Gasteiger partial charge < -0.3 is 14.6 Å². The van der Waals surface area contributed by atoms with Gasteiger partial charge in [-0.2, -0.15) is 13.2 Å². The summed E-state index contributed by atoms with van der Waals surface area (Å²) >= 11 is 0. The van der Waals surface area contributed by atoms with Crippen LogP contribution in [-0.4, -0.2) is 25.2 Å². The van der Waals surface area contributed by atoms with E-state index < -0.39 is 24.8 Å². The van der Waals surface area contributed by atoms with Gasteiger partial charge in [0, 0.05) is 23.5 Å². The van der Waals surface area contributed by atoms with Crippen LogP contribution < -0.4 is 10.8 Å². The first kappa shape index (κ1) is 23.0. The molecule has 156 valence electrons. The summed E-state index contributed by atoms with van der Waals surface area (Å²) in [5.41, 5.74) is 1.12. The van der Waals surface area contributed by atoms with Gasteiger partial charge in [0.15, 0.2) is 0 Å². The highest BCUT2D eigenvalue weighted by molar-refractivity contribution is 6.62. The predicted octanol–water partition coefficient (Wildman–Crippen LogP) is 4.81. The fraction of sp³-hybridized carbons (Fsp3) is 0.381. The van der Waals surface area contributed by atoms with Crippen molar-refractivity contribution in [2.45, 2.75) is 53.0 Å². The van der Waals surface area contributed by atoms with E-state index in [9.17, 15) is 18.0 Å². The molecule has 1 amide bonds. The number of aryl methyl sites for hydroxylation is 1. The first-order valence-electron chi connectivity index (χ1n) is 9.37. The van der Waals surface area contributed by atoms with Crippen molar-refractivity contribution in [2.75, 3.05) is 5.32 Å². The number of alkyl halides is 3. The first-order valence-corrected chi connectivity index (χ1v) is 9.37. The summed E-state index contributed by atoms with van der Waals surface area (Å²) in [6, 6.07) is 9.54. The van der Waals surface area contributed by atoms with E-state index in [2.05, 4.69) is 5.32 Å². The Morgan fingerprint density at radius 3 is 2.17 bits per heavy atom. The highest BCUT2D eigenvalue weighted by atomic mass is 19.4. The van der Waals surface area contributed by atoms with E-state index in [1.807, 2.05) is 34.6 Å². The van der Waals surface area contributed by atoms with Crippen molar-refractivity contribution >= 4 is 24.2 Å². The quantitative estimate of drug-likeness (QED) is 0.671. The number of amides is 1. The zero-order valence-electron chi connectivity index (χ0n) is 17.1. The summed E-state index contributed by atoms with van der Waals surface area (Å²) in [6.07, 6.45) is -4.67. The van der Waals surface area contributed by atoms with Crippen LogP contribution in [0.25, 0.3) is 0 Å². The molecular formula is C21H25BF3NO3. The molecule has 8 heteroatoms. The Morgan fingerprint density at radius 2 is 1.62 bits per heavy atom. The number of anilines is 1. The molecule has 0 fully saturated rings. The van der Waals surface area contributed by atoms with Crippen LogP contribution in [-0.2, 0) is 15.5 Å².